The van der Waals surface area contributed by atoms with E-state index in [0.29, 0.717) is 25.6 Å². The molecule has 0 radical (unpaired) electrons. The Morgan fingerprint density at radius 2 is 1.90 bits per heavy atom. The zero-order valence-electron chi connectivity index (χ0n) is 11.7. The Bertz CT molecular complexity index is 423. The van der Waals surface area contributed by atoms with Gasteiger partial charge in [-0.3, -0.25) is 10.1 Å². The first-order valence-corrected chi connectivity index (χ1v) is 5.97. The summed E-state index contributed by atoms with van der Waals surface area (Å²) < 4.78 is 15.0. The van der Waals surface area contributed by atoms with E-state index in [-0.39, 0.29) is 24.0 Å². The van der Waals surface area contributed by atoms with Crippen molar-refractivity contribution in [3.63, 3.8) is 0 Å². The van der Waals surface area contributed by atoms with Crippen molar-refractivity contribution in [1.29, 1.82) is 0 Å². The highest BCUT2D eigenvalue weighted by molar-refractivity contribution is 5.61. The molecule has 1 rings (SSSR count). The van der Waals surface area contributed by atoms with Gasteiger partial charge in [-0.25, -0.2) is 4.98 Å². The summed E-state index contributed by atoms with van der Waals surface area (Å²) in [5.41, 5.74) is -0.289. The second kappa shape index (κ2) is 8.23. The van der Waals surface area contributed by atoms with E-state index in [9.17, 15) is 10.1 Å². The van der Waals surface area contributed by atoms with Crippen LogP contribution in [0.2, 0.25) is 0 Å². The molecule has 1 aromatic heterocycles. The van der Waals surface area contributed by atoms with Crippen LogP contribution in [0.1, 0.15) is 5.82 Å². The van der Waals surface area contributed by atoms with Crippen LogP contribution in [-0.4, -0.2) is 55.5 Å². The Morgan fingerprint density at radius 3 is 2.50 bits per heavy atom. The van der Waals surface area contributed by atoms with E-state index in [1.165, 1.54) is 7.11 Å². The van der Waals surface area contributed by atoms with Crippen molar-refractivity contribution >= 4 is 11.5 Å². The Hall–Kier alpha value is -2.00. The number of hydrogen-bond donors (Lipinski definition) is 1. The third kappa shape index (κ3) is 4.59. The van der Waals surface area contributed by atoms with Crippen molar-refractivity contribution in [2.24, 2.45) is 0 Å². The van der Waals surface area contributed by atoms with Gasteiger partial charge in [0.1, 0.15) is 12.4 Å². The maximum atomic E-state index is 11.2. The van der Waals surface area contributed by atoms with Gasteiger partial charge < -0.3 is 19.5 Å². The van der Waals surface area contributed by atoms with Crippen LogP contribution >= 0.6 is 0 Å². The fourth-order valence-corrected chi connectivity index (χ4v) is 1.42. The minimum Gasteiger partial charge on any atom is -0.470 e. The van der Waals surface area contributed by atoms with E-state index in [1.807, 2.05) is 0 Å². The van der Waals surface area contributed by atoms with Crippen molar-refractivity contribution in [3.05, 3.63) is 15.9 Å². The summed E-state index contributed by atoms with van der Waals surface area (Å²) >= 11 is 0. The van der Waals surface area contributed by atoms with Gasteiger partial charge in [0.25, 0.3) is 5.88 Å². The molecule has 20 heavy (non-hydrogen) atoms. The molecule has 0 fully saturated rings. The second-order valence-electron chi connectivity index (χ2n) is 3.79. The number of hydrogen-bond acceptors (Lipinski definition) is 8. The maximum Gasteiger partial charge on any atom is 0.372 e. The van der Waals surface area contributed by atoms with Crippen LogP contribution in [0.25, 0.3) is 0 Å². The van der Waals surface area contributed by atoms with E-state index in [4.69, 9.17) is 14.2 Å². The van der Waals surface area contributed by atoms with E-state index in [1.54, 1.807) is 14.0 Å². The molecule has 0 saturated heterocycles. The number of aryl methyl sites for hydroxylation is 1. The average Bonchev–Trinajstić information content (AvgIpc) is 2.38. The molecule has 112 valence electrons. The first kappa shape index (κ1) is 16.1. The largest absolute Gasteiger partial charge is 0.470 e. The number of rotatable bonds is 9. The van der Waals surface area contributed by atoms with Gasteiger partial charge in [0.15, 0.2) is 0 Å². The minimum absolute atomic E-state index is 0.0699. The van der Waals surface area contributed by atoms with Gasteiger partial charge in [0, 0.05) is 20.8 Å². The van der Waals surface area contributed by atoms with Crippen LogP contribution < -0.4 is 10.1 Å². The van der Waals surface area contributed by atoms with Crippen molar-refractivity contribution in [2.75, 3.05) is 45.9 Å². The van der Waals surface area contributed by atoms with Crippen LogP contribution in [0.15, 0.2) is 0 Å². The molecule has 1 aromatic rings. The number of nitro groups is 1. The van der Waals surface area contributed by atoms with Gasteiger partial charge in [-0.05, 0) is 6.92 Å². The third-order valence-corrected chi connectivity index (χ3v) is 2.27. The number of aromatic nitrogens is 2. The predicted molar refractivity (Wildman–Crippen MR) is 71.2 cm³/mol. The van der Waals surface area contributed by atoms with Gasteiger partial charge in [-0.15, -0.1) is 0 Å². The summed E-state index contributed by atoms with van der Waals surface area (Å²) in [5.74, 6) is 0.425. The van der Waals surface area contributed by atoms with Crippen LogP contribution in [0.4, 0.5) is 11.5 Å². The summed E-state index contributed by atoms with van der Waals surface area (Å²) in [7, 11) is 3.06. The quantitative estimate of drug-likeness (QED) is 0.403. The van der Waals surface area contributed by atoms with Gasteiger partial charge in [-0.1, -0.05) is 0 Å². The fourth-order valence-electron chi connectivity index (χ4n) is 1.42. The van der Waals surface area contributed by atoms with Crippen molar-refractivity contribution in [3.8, 4) is 5.88 Å². The topological polar surface area (TPSA) is 109 Å². The summed E-state index contributed by atoms with van der Waals surface area (Å²) in [6.45, 7) is 2.91. The minimum atomic E-state index is -0.573. The first-order valence-electron chi connectivity index (χ1n) is 5.97. The molecule has 0 saturated carbocycles. The highest BCUT2D eigenvalue weighted by Gasteiger charge is 2.25. The summed E-state index contributed by atoms with van der Waals surface area (Å²) in [6.07, 6.45) is 0. The van der Waals surface area contributed by atoms with E-state index < -0.39 is 4.92 Å². The van der Waals surface area contributed by atoms with Crippen LogP contribution in [0.3, 0.4) is 0 Å². The molecule has 0 aromatic carbocycles. The number of ether oxygens (including phenoxy) is 3. The Morgan fingerprint density at radius 1 is 1.20 bits per heavy atom. The highest BCUT2D eigenvalue weighted by atomic mass is 16.6. The standard InChI is InChI=1S/C11H18N4O5/c1-8-13-10(12-4-5-18-2)9(15(16)17)11(14-8)20-7-6-19-3/h4-7H2,1-3H3,(H,12,13,14). The SMILES string of the molecule is COCCNc1nc(C)nc(OCCOC)c1[N+](=O)[O-]. The van der Waals surface area contributed by atoms with Crippen molar-refractivity contribution < 1.29 is 19.1 Å². The van der Waals surface area contributed by atoms with E-state index >= 15 is 0 Å². The Balaban J connectivity index is 2.98. The number of anilines is 1. The lowest BCUT2D eigenvalue weighted by molar-refractivity contribution is -0.385. The van der Waals surface area contributed by atoms with Crippen molar-refractivity contribution in [1.82, 2.24) is 9.97 Å². The van der Waals surface area contributed by atoms with Gasteiger partial charge in [-0.2, -0.15) is 4.98 Å². The number of nitrogens with zero attached hydrogens (tertiary/aromatic N) is 3. The van der Waals surface area contributed by atoms with E-state index in [0.717, 1.165) is 0 Å². The third-order valence-electron chi connectivity index (χ3n) is 2.27. The maximum absolute atomic E-state index is 11.2. The smallest absolute Gasteiger partial charge is 0.372 e. The number of methoxy groups -OCH3 is 2. The van der Waals surface area contributed by atoms with Gasteiger partial charge in [0.05, 0.1) is 18.1 Å². The Kier molecular flexibility index (Phi) is 6.60. The monoisotopic (exact) mass is 286 g/mol. The molecular formula is C11H18N4O5. The van der Waals surface area contributed by atoms with Gasteiger partial charge >= 0.3 is 5.69 Å². The zero-order chi connectivity index (χ0) is 15.0. The molecular weight excluding hydrogens is 268 g/mol. The molecule has 0 spiro atoms. The molecule has 0 amide bonds. The molecule has 0 aliphatic carbocycles. The fraction of sp³-hybridized carbons (Fsp3) is 0.636. The molecule has 1 N–H and O–H groups in total. The number of nitrogens with one attached hydrogen (secondary N) is 1. The summed E-state index contributed by atoms with van der Waals surface area (Å²) in [6, 6.07) is 0. The second-order valence-corrected chi connectivity index (χ2v) is 3.79. The van der Waals surface area contributed by atoms with Crippen molar-refractivity contribution in [2.45, 2.75) is 6.92 Å². The molecule has 0 bridgehead atoms. The lowest BCUT2D eigenvalue weighted by atomic mass is 10.4. The Labute approximate surface area is 116 Å². The first-order chi connectivity index (χ1) is 9.60. The predicted octanol–water partition coefficient (Wildman–Crippen LogP) is 0.777. The highest BCUT2D eigenvalue weighted by Crippen LogP contribution is 2.31. The van der Waals surface area contributed by atoms with Crippen LogP contribution in [0.5, 0.6) is 5.88 Å². The van der Waals surface area contributed by atoms with Crippen LogP contribution in [-0.2, 0) is 9.47 Å². The summed E-state index contributed by atoms with van der Waals surface area (Å²) in [5, 5.41) is 14.0. The molecule has 0 unspecified atom stereocenters. The molecule has 9 nitrogen and oxygen atoms in total. The normalized spacial score (nSPS) is 10.3. The summed E-state index contributed by atoms with van der Waals surface area (Å²) in [4.78, 5) is 18.6. The zero-order valence-corrected chi connectivity index (χ0v) is 11.7. The lowest BCUT2D eigenvalue weighted by Gasteiger charge is -2.10. The average molecular weight is 286 g/mol. The molecule has 0 atom stereocenters. The molecule has 1 heterocycles. The van der Waals surface area contributed by atoms with E-state index in [2.05, 4.69) is 15.3 Å². The molecule has 9 heteroatoms. The van der Waals surface area contributed by atoms with Gasteiger partial charge in [0.2, 0.25) is 5.82 Å². The molecule has 0 aliphatic rings. The lowest BCUT2D eigenvalue weighted by Crippen LogP contribution is -2.14. The molecule has 0 aliphatic heterocycles. The van der Waals surface area contributed by atoms with Crippen LogP contribution in [0, 0.1) is 17.0 Å².